The molecule has 1 aromatic heterocycles. The third-order valence-electron chi connectivity index (χ3n) is 1.35. The molecule has 12 heavy (non-hydrogen) atoms. The Hall–Kier alpha value is -1.04. The molecule has 1 heterocycles. The molecule has 5 nitrogen and oxygen atoms in total. The second-order valence-electron chi connectivity index (χ2n) is 2.39. The standard InChI is InChI=1S/C6H10N4OS/c1-4(5(7)11)12-6-9-8-3-10(6)2/h3-4H,1-2H3,(H2,7,11). The molecule has 6 heteroatoms. The SMILES string of the molecule is CC(Sc1nncn1C)C(N)=O. The number of nitrogens with zero attached hydrogens (tertiary/aromatic N) is 3. The molecule has 2 N–H and O–H groups in total. The first kappa shape index (κ1) is 9.05. The van der Waals surface area contributed by atoms with Gasteiger partial charge in [-0.1, -0.05) is 11.8 Å². The van der Waals surface area contributed by atoms with Crippen molar-refractivity contribution in [2.75, 3.05) is 0 Å². The lowest BCUT2D eigenvalue weighted by Crippen LogP contribution is -2.22. The van der Waals surface area contributed by atoms with Gasteiger partial charge < -0.3 is 10.3 Å². The van der Waals surface area contributed by atoms with Gasteiger partial charge in [-0.05, 0) is 6.92 Å². The van der Waals surface area contributed by atoms with Gasteiger partial charge in [-0.15, -0.1) is 10.2 Å². The summed E-state index contributed by atoms with van der Waals surface area (Å²) in [5, 5.41) is 7.91. The Labute approximate surface area is 74.3 Å². The largest absolute Gasteiger partial charge is 0.369 e. The fourth-order valence-corrected chi connectivity index (χ4v) is 1.34. The molecule has 0 aromatic carbocycles. The van der Waals surface area contributed by atoms with E-state index in [1.807, 2.05) is 7.05 Å². The van der Waals surface area contributed by atoms with Crippen LogP contribution in [-0.2, 0) is 11.8 Å². The summed E-state index contributed by atoms with van der Waals surface area (Å²) >= 11 is 1.30. The van der Waals surface area contributed by atoms with Gasteiger partial charge >= 0.3 is 0 Å². The van der Waals surface area contributed by atoms with Crippen LogP contribution in [0.3, 0.4) is 0 Å². The molecule has 0 spiro atoms. The van der Waals surface area contributed by atoms with Crippen molar-refractivity contribution in [1.29, 1.82) is 0 Å². The second-order valence-corrected chi connectivity index (χ2v) is 3.69. The first-order valence-electron chi connectivity index (χ1n) is 3.41. The smallest absolute Gasteiger partial charge is 0.230 e. The van der Waals surface area contributed by atoms with Crippen LogP contribution in [0.15, 0.2) is 11.5 Å². The lowest BCUT2D eigenvalue weighted by Gasteiger charge is -2.04. The normalized spacial score (nSPS) is 12.8. The fraction of sp³-hybridized carbons (Fsp3) is 0.500. The van der Waals surface area contributed by atoms with Crippen molar-refractivity contribution in [3.8, 4) is 0 Å². The van der Waals surface area contributed by atoms with Gasteiger partial charge in [0.1, 0.15) is 6.33 Å². The molecule has 0 bridgehead atoms. The highest BCUT2D eigenvalue weighted by molar-refractivity contribution is 8.00. The Balaban J connectivity index is 2.64. The third-order valence-corrected chi connectivity index (χ3v) is 2.52. The maximum Gasteiger partial charge on any atom is 0.230 e. The van der Waals surface area contributed by atoms with E-state index in [4.69, 9.17) is 5.73 Å². The Bertz CT molecular complexity index is 285. The number of hydrogen-bond acceptors (Lipinski definition) is 4. The Kier molecular flexibility index (Phi) is 2.69. The third kappa shape index (κ3) is 1.97. The molecule has 0 aliphatic carbocycles. The van der Waals surface area contributed by atoms with E-state index in [-0.39, 0.29) is 11.2 Å². The Morgan fingerprint density at radius 2 is 2.50 bits per heavy atom. The lowest BCUT2D eigenvalue weighted by atomic mass is 10.5. The first-order chi connectivity index (χ1) is 5.61. The predicted octanol–water partition coefficient (Wildman–Crippen LogP) is -0.219. The van der Waals surface area contributed by atoms with Gasteiger partial charge in [0.25, 0.3) is 0 Å². The number of carbonyl (C=O) groups is 1. The second kappa shape index (κ2) is 3.57. The molecule has 0 radical (unpaired) electrons. The molecule has 1 atom stereocenters. The minimum atomic E-state index is -0.344. The van der Waals surface area contributed by atoms with Gasteiger partial charge in [-0.2, -0.15) is 0 Å². The molecule has 1 amide bonds. The molecule has 0 saturated carbocycles. The Morgan fingerprint density at radius 1 is 1.83 bits per heavy atom. The minimum absolute atomic E-state index is 0.270. The van der Waals surface area contributed by atoms with E-state index in [9.17, 15) is 4.79 Å². The average Bonchev–Trinajstić information content (AvgIpc) is 2.36. The van der Waals surface area contributed by atoms with E-state index >= 15 is 0 Å². The van der Waals surface area contributed by atoms with Gasteiger partial charge in [0.05, 0.1) is 5.25 Å². The van der Waals surface area contributed by atoms with E-state index in [2.05, 4.69) is 10.2 Å². The zero-order chi connectivity index (χ0) is 9.14. The summed E-state index contributed by atoms with van der Waals surface area (Å²) in [7, 11) is 1.82. The number of rotatable bonds is 3. The summed E-state index contributed by atoms with van der Waals surface area (Å²) in [5.41, 5.74) is 5.09. The van der Waals surface area contributed by atoms with Crippen molar-refractivity contribution in [3.05, 3.63) is 6.33 Å². The molecular weight excluding hydrogens is 176 g/mol. The summed E-state index contributed by atoms with van der Waals surface area (Å²) in [6.45, 7) is 1.74. The molecule has 0 fully saturated rings. The van der Waals surface area contributed by atoms with Crippen molar-refractivity contribution in [2.45, 2.75) is 17.3 Å². The summed E-state index contributed by atoms with van der Waals surface area (Å²) < 4.78 is 1.74. The Morgan fingerprint density at radius 3 is 2.92 bits per heavy atom. The van der Waals surface area contributed by atoms with Crippen molar-refractivity contribution in [3.63, 3.8) is 0 Å². The van der Waals surface area contributed by atoms with E-state index in [0.717, 1.165) is 0 Å². The van der Waals surface area contributed by atoms with Gasteiger partial charge in [0, 0.05) is 7.05 Å². The first-order valence-corrected chi connectivity index (χ1v) is 4.29. The highest BCUT2D eigenvalue weighted by atomic mass is 32.2. The summed E-state index contributed by atoms with van der Waals surface area (Å²) in [6.07, 6.45) is 1.58. The molecule has 0 saturated heterocycles. The lowest BCUT2D eigenvalue weighted by molar-refractivity contribution is -0.117. The monoisotopic (exact) mass is 186 g/mol. The molecule has 1 rings (SSSR count). The number of primary amides is 1. The van der Waals surface area contributed by atoms with Gasteiger partial charge in [-0.25, -0.2) is 0 Å². The van der Waals surface area contributed by atoms with Crippen LogP contribution in [-0.4, -0.2) is 25.9 Å². The van der Waals surface area contributed by atoms with Crippen molar-refractivity contribution >= 4 is 17.7 Å². The van der Waals surface area contributed by atoms with Crippen molar-refractivity contribution < 1.29 is 4.79 Å². The average molecular weight is 186 g/mol. The van der Waals surface area contributed by atoms with Crippen LogP contribution in [0.1, 0.15) is 6.92 Å². The molecule has 1 unspecified atom stereocenters. The number of amides is 1. The maximum atomic E-state index is 10.7. The van der Waals surface area contributed by atoms with Crippen LogP contribution in [0.25, 0.3) is 0 Å². The number of aryl methyl sites for hydroxylation is 1. The van der Waals surface area contributed by atoms with Gasteiger partial charge in [-0.3, -0.25) is 4.79 Å². The summed E-state index contributed by atoms with van der Waals surface area (Å²) in [4.78, 5) is 10.7. The molecular formula is C6H10N4OS. The molecule has 66 valence electrons. The van der Waals surface area contributed by atoms with Crippen LogP contribution in [0.2, 0.25) is 0 Å². The predicted molar refractivity (Wildman–Crippen MR) is 45.5 cm³/mol. The number of hydrogen-bond donors (Lipinski definition) is 1. The number of nitrogens with two attached hydrogens (primary N) is 1. The number of carbonyl (C=O) groups excluding carboxylic acids is 1. The van der Waals surface area contributed by atoms with E-state index < -0.39 is 0 Å². The van der Waals surface area contributed by atoms with Crippen LogP contribution in [0.4, 0.5) is 0 Å². The highest BCUT2D eigenvalue weighted by Crippen LogP contribution is 2.18. The zero-order valence-electron chi connectivity index (χ0n) is 6.89. The molecule has 1 aromatic rings. The fourth-order valence-electron chi connectivity index (χ4n) is 0.595. The molecule has 0 aliphatic heterocycles. The zero-order valence-corrected chi connectivity index (χ0v) is 7.71. The van der Waals surface area contributed by atoms with E-state index in [1.165, 1.54) is 11.8 Å². The van der Waals surface area contributed by atoms with Crippen LogP contribution < -0.4 is 5.73 Å². The number of thioether (sulfide) groups is 1. The van der Waals surface area contributed by atoms with Gasteiger partial charge in [0.15, 0.2) is 5.16 Å². The minimum Gasteiger partial charge on any atom is -0.369 e. The summed E-state index contributed by atoms with van der Waals surface area (Å²) in [6, 6.07) is 0. The van der Waals surface area contributed by atoms with Crippen LogP contribution in [0, 0.1) is 0 Å². The van der Waals surface area contributed by atoms with E-state index in [0.29, 0.717) is 5.16 Å². The molecule has 0 aliphatic rings. The van der Waals surface area contributed by atoms with Crippen molar-refractivity contribution in [1.82, 2.24) is 14.8 Å². The number of aromatic nitrogens is 3. The van der Waals surface area contributed by atoms with Gasteiger partial charge in [0.2, 0.25) is 5.91 Å². The quantitative estimate of drug-likeness (QED) is 0.662. The highest BCUT2D eigenvalue weighted by Gasteiger charge is 2.13. The van der Waals surface area contributed by atoms with Crippen LogP contribution in [0.5, 0.6) is 0 Å². The van der Waals surface area contributed by atoms with E-state index in [1.54, 1.807) is 17.8 Å². The topological polar surface area (TPSA) is 73.8 Å². The summed E-state index contributed by atoms with van der Waals surface area (Å²) in [5.74, 6) is -0.344. The van der Waals surface area contributed by atoms with Crippen LogP contribution >= 0.6 is 11.8 Å². The van der Waals surface area contributed by atoms with Crippen molar-refractivity contribution in [2.24, 2.45) is 12.8 Å². The maximum absolute atomic E-state index is 10.7.